The summed E-state index contributed by atoms with van der Waals surface area (Å²) in [4.78, 5) is 24.3. The van der Waals surface area contributed by atoms with Crippen LogP contribution in [0, 0.1) is 0 Å². The quantitative estimate of drug-likeness (QED) is 0.469. The average molecular weight is 413 g/mol. The summed E-state index contributed by atoms with van der Waals surface area (Å²) in [7, 11) is -4.44. The van der Waals surface area contributed by atoms with E-state index in [1.807, 2.05) is 86.9 Å². The molecule has 148 valence electrons. The van der Waals surface area contributed by atoms with E-state index in [2.05, 4.69) is 0 Å². The molecule has 4 nitrogen and oxygen atoms in total. The lowest BCUT2D eigenvalue weighted by Crippen LogP contribution is -2.37. The van der Waals surface area contributed by atoms with E-state index in [1.54, 1.807) is 0 Å². The first kappa shape index (κ1) is 21.8. The SMILES string of the molecule is C[Si](C)(Cc1ccccc1)OC(=O)/C=C/C(=O)O[Si](C)(C)Cc1ccccc1. The van der Waals surface area contributed by atoms with Crippen molar-refractivity contribution >= 4 is 28.6 Å². The maximum atomic E-state index is 12.1. The van der Waals surface area contributed by atoms with E-state index in [0.29, 0.717) is 0 Å². The molecule has 0 spiro atoms. The molecule has 0 saturated heterocycles. The van der Waals surface area contributed by atoms with Crippen molar-refractivity contribution in [1.29, 1.82) is 0 Å². The van der Waals surface area contributed by atoms with Crippen LogP contribution in [0.2, 0.25) is 26.2 Å². The number of rotatable bonds is 8. The van der Waals surface area contributed by atoms with Gasteiger partial charge in [0.2, 0.25) is 0 Å². The van der Waals surface area contributed by atoms with Crippen molar-refractivity contribution < 1.29 is 18.4 Å². The Labute approximate surface area is 169 Å². The van der Waals surface area contributed by atoms with Crippen molar-refractivity contribution in [3.8, 4) is 0 Å². The van der Waals surface area contributed by atoms with E-state index >= 15 is 0 Å². The van der Waals surface area contributed by atoms with Gasteiger partial charge in [-0.15, -0.1) is 0 Å². The first-order valence-corrected chi connectivity index (χ1v) is 15.6. The van der Waals surface area contributed by atoms with Crippen molar-refractivity contribution in [2.75, 3.05) is 0 Å². The highest BCUT2D eigenvalue weighted by Crippen LogP contribution is 2.15. The average Bonchev–Trinajstić information content (AvgIpc) is 2.60. The maximum absolute atomic E-state index is 12.1. The van der Waals surface area contributed by atoms with Crippen LogP contribution in [-0.4, -0.2) is 28.6 Å². The van der Waals surface area contributed by atoms with Crippen LogP contribution in [-0.2, 0) is 30.5 Å². The maximum Gasteiger partial charge on any atom is 0.317 e. The van der Waals surface area contributed by atoms with Gasteiger partial charge < -0.3 is 8.85 Å². The lowest BCUT2D eigenvalue weighted by molar-refractivity contribution is -0.132. The Morgan fingerprint density at radius 1 is 0.679 bits per heavy atom. The summed E-state index contributed by atoms with van der Waals surface area (Å²) in [5, 5.41) is 0. The molecule has 0 heterocycles. The van der Waals surface area contributed by atoms with E-state index in [-0.39, 0.29) is 0 Å². The van der Waals surface area contributed by atoms with E-state index < -0.39 is 28.6 Å². The second kappa shape index (κ2) is 9.66. The Balaban J connectivity index is 1.86. The van der Waals surface area contributed by atoms with Gasteiger partial charge in [0, 0.05) is 24.2 Å². The first-order chi connectivity index (χ1) is 13.2. The van der Waals surface area contributed by atoms with Crippen LogP contribution in [0.3, 0.4) is 0 Å². The highest BCUT2D eigenvalue weighted by molar-refractivity contribution is 6.72. The fourth-order valence-corrected chi connectivity index (χ4v) is 6.80. The zero-order chi connectivity index (χ0) is 20.6. The van der Waals surface area contributed by atoms with Gasteiger partial charge in [0.1, 0.15) is 0 Å². The molecule has 28 heavy (non-hydrogen) atoms. The van der Waals surface area contributed by atoms with Crippen LogP contribution in [0.4, 0.5) is 0 Å². The summed E-state index contributed by atoms with van der Waals surface area (Å²) in [5.41, 5.74) is 2.29. The molecule has 0 saturated carbocycles. The van der Waals surface area contributed by atoms with Gasteiger partial charge in [0.05, 0.1) is 0 Å². The smallest absolute Gasteiger partial charge is 0.317 e. The monoisotopic (exact) mass is 412 g/mol. The molecule has 2 rings (SSSR count). The highest BCUT2D eigenvalue weighted by Gasteiger charge is 2.28. The third kappa shape index (κ3) is 8.06. The molecule has 0 aliphatic rings. The normalized spacial score (nSPS) is 12.0. The molecule has 0 aliphatic heterocycles. The largest absolute Gasteiger partial charge is 0.516 e. The lowest BCUT2D eigenvalue weighted by Gasteiger charge is -2.22. The van der Waals surface area contributed by atoms with Crippen molar-refractivity contribution in [2.24, 2.45) is 0 Å². The molecule has 0 aliphatic carbocycles. The predicted octanol–water partition coefficient (Wildman–Crippen LogP) is 4.60. The van der Waals surface area contributed by atoms with Crippen LogP contribution in [0.1, 0.15) is 11.1 Å². The molecule has 0 unspecified atom stereocenters. The number of hydrogen-bond donors (Lipinski definition) is 0. The van der Waals surface area contributed by atoms with Crippen molar-refractivity contribution in [3.63, 3.8) is 0 Å². The van der Waals surface area contributed by atoms with Crippen molar-refractivity contribution in [1.82, 2.24) is 0 Å². The second-order valence-electron chi connectivity index (χ2n) is 8.02. The van der Waals surface area contributed by atoms with Gasteiger partial charge in [-0.3, -0.25) is 0 Å². The number of benzene rings is 2. The Morgan fingerprint density at radius 3 is 1.32 bits per heavy atom. The molecule has 0 aromatic heterocycles. The molecule has 0 atom stereocenters. The summed E-state index contributed by atoms with van der Waals surface area (Å²) >= 11 is 0. The fourth-order valence-electron chi connectivity index (χ4n) is 3.00. The Hall–Kier alpha value is -2.45. The van der Waals surface area contributed by atoms with Crippen LogP contribution >= 0.6 is 0 Å². The van der Waals surface area contributed by atoms with Crippen molar-refractivity contribution in [2.45, 2.75) is 38.3 Å². The van der Waals surface area contributed by atoms with E-state index in [4.69, 9.17) is 8.85 Å². The molecule has 0 radical (unpaired) electrons. The minimum Gasteiger partial charge on any atom is -0.516 e. The van der Waals surface area contributed by atoms with Gasteiger partial charge in [-0.2, -0.15) is 0 Å². The minimum atomic E-state index is -2.22. The molecule has 0 N–H and O–H groups in total. The molecule has 6 heteroatoms. The van der Waals surface area contributed by atoms with Crippen molar-refractivity contribution in [3.05, 3.63) is 83.9 Å². The summed E-state index contributed by atoms with van der Waals surface area (Å²) in [6, 6.07) is 21.4. The molecular formula is C22H28O4Si2. The summed E-state index contributed by atoms with van der Waals surface area (Å²) < 4.78 is 11.3. The summed E-state index contributed by atoms with van der Waals surface area (Å²) in [6.45, 7) is 7.94. The molecule has 2 aromatic rings. The molecule has 0 amide bonds. The van der Waals surface area contributed by atoms with E-state index in [9.17, 15) is 9.59 Å². The van der Waals surface area contributed by atoms with Gasteiger partial charge in [0.25, 0.3) is 16.6 Å². The third-order valence-corrected chi connectivity index (χ3v) is 8.08. The van der Waals surface area contributed by atoms with Gasteiger partial charge >= 0.3 is 11.9 Å². The van der Waals surface area contributed by atoms with Gasteiger partial charge in [-0.25, -0.2) is 9.59 Å². The van der Waals surface area contributed by atoms with Crippen LogP contribution < -0.4 is 0 Å². The molecular weight excluding hydrogens is 384 g/mol. The van der Waals surface area contributed by atoms with Crippen LogP contribution in [0.5, 0.6) is 0 Å². The van der Waals surface area contributed by atoms with E-state index in [1.165, 1.54) is 12.2 Å². The minimum absolute atomic E-state index is 0.493. The highest BCUT2D eigenvalue weighted by atomic mass is 28.4. The van der Waals surface area contributed by atoms with Gasteiger partial charge in [-0.05, 0) is 37.3 Å². The molecule has 0 bridgehead atoms. The zero-order valence-corrected chi connectivity index (χ0v) is 19.0. The zero-order valence-electron chi connectivity index (χ0n) is 17.0. The first-order valence-electron chi connectivity index (χ1n) is 9.37. The Morgan fingerprint density at radius 2 is 1.00 bits per heavy atom. The summed E-state index contributed by atoms with van der Waals surface area (Å²) in [6.07, 6.45) is 2.35. The van der Waals surface area contributed by atoms with Crippen LogP contribution in [0.15, 0.2) is 72.8 Å². The number of carbonyl (C=O) groups excluding carboxylic acids is 2. The third-order valence-electron chi connectivity index (χ3n) is 4.05. The molecule has 0 fully saturated rings. The predicted molar refractivity (Wildman–Crippen MR) is 117 cm³/mol. The van der Waals surface area contributed by atoms with E-state index in [0.717, 1.165) is 23.2 Å². The molecule has 2 aromatic carbocycles. The number of hydrogen-bond acceptors (Lipinski definition) is 4. The topological polar surface area (TPSA) is 52.6 Å². The van der Waals surface area contributed by atoms with Gasteiger partial charge in [-0.1, -0.05) is 60.7 Å². The van der Waals surface area contributed by atoms with Crippen LogP contribution in [0.25, 0.3) is 0 Å². The lowest BCUT2D eigenvalue weighted by atomic mass is 10.2. The summed E-state index contributed by atoms with van der Waals surface area (Å²) in [5.74, 6) is -0.987. The second-order valence-corrected chi connectivity index (χ2v) is 16.2. The fraction of sp³-hybridized carbons (Fsp3) is 0.273. The Bertz CT molecular complexity index is 745. The standard InChI is InChI=1S/C22H28O4Si2/c1-27(2,17-19-11-7-5-8-12-19)25-21(23)15-16-22(24)26-28(3,4)18-20-13-9-6-10-14-20/h5-16H,17-18H2,1-4H3/b16-15+. The van der Waals surface area contributed by atoms with Gasteiger partial charge in [0.15, 0.2) is 0 Å². The Kier molecular flexibility index (Phi) is 7.54. The number of carbonyl (C=O) groups is 2.